The molecule has 1 aromatic rings. The highest BCUT2D eigenvalue weighted by atomic mass is 35.5. The first-order valence-corrected chi connectivity index (χ1v) is 7.47. The summed E-state index contributed by atoms with van der Waals surface area (Å²) in [6, 6.07) is 0. The van der Waals surface area contributed by atoms with Gasteiger partial charge in [0.05, 0.1) is 12.0 Å². The van der Waals surface area contributed by atoms with Gasteiger partial charge in [0.25, 0.3) is 0 Å². The van der Waals surface area contributed by atoms with Crippen LogP contribution in [0.3, 0.4) is 0 Å². The molecule has 0 radical (unpaired) electrons. The molecule has 1 aromatic heterocycles. The first-order valence-electron chi connectivity index (χ1n) is 7.47. The molecule has 1 heterocycles. The number of hydrogen-bond donors (Lipinski definition) is 2. The van der Waals surface area contributed by atoms with Gasteiger partial charge in [0, 0.05) is 25.5 Å². The monoisotopic (exact) mass is 352 g/mol. The summed E-state index contributed by atoms with van der Waals surface area (Å²) in [5.74, 6) is 1.47. The maximum atomic E-state index is 12.4. The van der Waals surface area contributed by atoms with Crippen LogP contribution in [0.2, 0.25) is 0 Å². The van der Waals surface area contributed by atoms with Crippen molar-refractivity contribution >= 4 is 30.7 Å². The van der Waals surface area contributed by atoms with Crippen molar-refractivity contribution in [2.75, 3.05) is 6.54 Å². The van der Waals surface area contributed by atoms with Crippen molar-refractivity contribution in [1.29, 1.82) is 0 Å². The van der Waals surface area contributed by atoms with E-state index in [0.717, 1.165) is 25.2 Å². The molecule has 0 saturated heterocycles. The largest absolute Gasteiger partial charge is 0.348 e. The van der Waals surface area contributed by atoms with Crippen LogP contribution in [0.25, 0.3) is 0 Å². The lowest BCUT2D eigenvalue weighted by Crippen LogP contribution is -2.45. The number of aromatic nitrogens is 2. The fourth-order valence-corrected chi connectivity index (χ4v) is 2.37. The van der Waals surface area contributed by atoms with Gasteiger partial charge in [0.1, 0.15) is 5.82 Å². The molecule has 0 aliphatic carbocycles. The van der Waals surface area contributed by atoms with E-state index in [-0.39, 0.29) is 30.7 Å². The molecule has 1 amide bonds. The van der Waals surface area contributed by atoms with Crippen molar-refractivity contribution in [2.45, 2.75) is 53.6 Å². The van der Waals surface area contributed by atoms with Gasteiger partial charge in [-0.25, -0.2) is 4.98 Å². The van der Waals surface area contributed by atoms with Crippen LogP contribution in [-0.2, 0) is 17.9 Å². The molecule has 0 unspecified atom stereocenters. The van der Waals surface area contributed by atoms with Crippen molar-refractivity contribution in [1.82, 2.24) is 14.9 Å². The summed E-state index contributed by atoms with van der Waals surface area (Å²) in [5.41, 5.74) is 5.34. The Morgan fingerprint density at radius 3 is 2.41 bits per heavy atom. The van der Waals surface area contributed by atoms with Crippen LogP contribution in [-0.4, -0.2) is 22.0 Å². The second-order valence-electron chi connectivity index (χ2n) is 5.76. The minimum absolute atomic E-state index is 0. The molecule has 22 heavy (non-hydrogen) atoms. The van der Waals surface area contributed by atoms with Gasteiger partial charge >= 0.3 is 0 Å². The molecule has 5 nitrogen and oxygen atoms in total. The number of rotatable bonds is 8. The van der Waals surface area contributed by atoms with E-state index < -0.39 is 5.41 Å². The van der Waals surface area contributed by atoms with Crippen LogP contribution in [0.4, 0.5) is 0 Å². The van der Waals surface area contributed by atoms with Gasteiger partial charge in [-0.3, -0.25) is 4.79 Å². The number of carbonyl (C=O) groups is 1. The third kappa shape index (κ3) is 5.78. The van der Waals surface area contributed by atoms with Crippen LogP contribution in [0.15, 0.2) is 12.4 Å². The van der Waals surface area contributed by atoms with Crippen LogP contribution in [0.1, 0.15) is 46.4 Å². The number of nitrogens with two attached hydrogens (primary N) is 1. The van der Waals surface area contributed by atoms with Gasteiger partial charge in [0.2, 0.25) is 5.91 Å². The van der Waals surface area contributed by atoms with Crippen molar-refractivity contribution in [3.05, 3.63) is 18.2 Å². The smallest absolute Gasteiger partial charge is 0.227 e. The molecular formula is C15H30Cl2N4O. The number of halogens is 2. The van der Waals surface area contributed by atoms with Crippen LogP contribution >= 0.6 is 24.8 Å². The van der Waals surface area contributed by atoms with Gasteiger partial charge in [-0.15, -0.1) is 24.8 Å². The standard InChI is InChI=1S/C15H28N4O.2ClH/c1-5-15(6-2,11-16)14(20)18-9-13-17-7-8-19(13)10-12(3)4;;/h7-8,12H,5-6,9-11,16H2,1-4H3,(H,18,20);2*1H. The molecule has 0 aromatic carbocycles. The van der Waals surface area contributed by atoms with E-state index in [1.54, 1.807) is 6.20 Å². The topological polar surface area (TPSA) is 72.9 Å². The van der Waals surface area contributed by atoms with E-state index >= 15 is 0 Å². The van der Waals surface area contributed by atoms with Gasteiger partial charge in [0.15, 0.2) is 0 Å². The van der Waals surface area contributed by atoms with Crippen molar-refractivity contribution in [3.8, 4) is 0 Å². The third-order valence-electron chi connectivity index (χ3n) is 4.00. The number of imidazole rings is 1. The molecule has 0 aliphatic rings. The molecule has 0 atom stereocenters. The average Bonchev–Trinajstić information content (AvgIpc) is 2.85. The molecule has 0 saturated carbocycles. The van der Waals surface area contributed by atoms with E-state index in [1.807, 2.05) is 20.0 Å². The van der Waals surface area contributed by atoms with Gasteiger partial charge in [-0.2, -0.15) is 0 Å². The highest BCUT2D eigenvalue weighted by Gasteiger charge is 2.33. The SMILES string of the molecule is CCC(CC)(CN)C(=O)NCc1nccn1CC(C)C.Cl.Cl. The van der Waals surface area contributed by atoms with E-state index in [9.17, 15) is 4.79 Å². The lowest BCUT2D eigenvalue weighted by Gasteiger charge is -2.28. The Kier molecular flexibility index (Phi) is 11.6. The number of carbonyl (C=O) groups excluding carboxylic acids is 1. The minimum Gasteiger partial charge on any atom is -0.348 e. The van der Waals surface area contributed by atoms with Gasteiger partial charge in [-0.05, 0) is 18.8 Å². The number of nitrogens with one attached hydrogen (secondary N) is 1. The van der Waals surface area contributed by atoms with Crippen molar-refractivity contribution < 1.29 is 4.79 Å². The minimum atomic E-state index is -0.449. The van der Waals surface area contributed by atoms with Gasteiger partial charge < -0.3 is 15.6 Å². The highest BCUT2D eigenvalue weighted by Crippen LogP contribution is 2.25. The first-order chi connectivity index (χ1) is 9.49. The lowest BCUT2D eigenvalue weighted by atomic mass is 9.81. The normalized spacial score (nSPS) is 10.8. The summed E-state index contributed by atoms with van der Waals surface area (Å²) >= 11 is 0. The zero-order chi connectivity index (χ0) is 15.2. The maximum Gasteiger partial charge on any atom is 0.227 e. The van der Waals surface area contributed by atoms with Crippen LogP contribution < -0.4 is 11.1 Å². The second kappa shape index (κ2) is 10.9. The predicted molar refractivity (Wildman–Crippen MR) is 95.5 cm³/mol. The summed E-state index contributed by atoms with van der Waals surface area (Å²) in [6.45, 7) is 10.1. The van der Waals surface area contributed by atoms with Crippen LogP contribution in [0.5, 0.6) is 0 Å². The van der Waals surface area contributed by atoms with Crippen molar-refractivity contribution in [3.63, 3.8) is 0 Å². The Morgan fingerprint density at radius 1 is 1.36 bits per heavy atom. The quantitative estimate of drug-likeness (QED) is 0.755. The molecular weight excluding hydrogens is 323 g/mol. The first kappa shape index (κ1) is 23.5. The summed E-state index contributed by atoms with van der Waals surface area (Å²) in [6.07, 6.45) is 5.25. The Hall–Kier alpha value is -0.780. The highest BCUT2D eigenvalue weighted by molar-refractivity contribution is 5.85. The molecule has 0 aliphatic heterocycles. The van der Waals surface area contributed by atoms with Gasteiger partial charge in [-0.1, -0.05) is 27.7 Å². The number of amides is 1. The molecule has 7 heteroatoms. The molecule has 3 N–H and O–H groups in total. The Labute approximate surface area is 146 Å². The zero-order valence-corrected chi connectivity index (χ0v) is 15.6. The molecule has 130 valence electrons. The fourth-order valence-electron chi connectivity index (χ4n) is 2.37. The van der Waals surface area contributed by atoms with E-state index in [2.05, 4.69) is 28.7 Å². The fraction of sp³-hybridized carbons (Fsp3) is 0.733. The third-order valence-corrected chi connectivity index (χ3v) is 4.00. The summed E-state index contributed by atoms with van der Waals surface area (Å²) < 4.78 is 2.09. The summed E-state index contributed by atoms with van der Waals surface area (Å²) in [7, 11) is 0. The average molecular weight is 353 g/mol. The summed E-state index contributed by atoms with van der Waals surface area (Å²) in [4.78, 5) is 16.7. The number of nitrogens with zero attached hydrogens (tertiary/aromatic N) is 2. The van der Waals surface area contributed by atoms with Crippen molar-refractivity contribution in [2.24, 2.45) is 17.1 Å². The zero-order valence-electron chi connectivity index (χ0n) is 14.0. The maximum absolute atomic E-state index is 12.4. The number of hydrogen-bond acceptors (Lipinski definition) is 3. The molecule has 0 spiro atoms. The Bertz CT molecular complexity index is 423. The van der Waals surface area contributed by atoms with Crippen LogP contribution in [0, 0.1) is 11.3 Å². The molecule has 0 fully saturated rings. The van der Waals surface area contributed by atoms with E-state index in [0.29, 0.717) is 19.0 Å². The summed E-state index contributed by atoms with van der Waals surface area (Å²) in [5, 5.41) is 2.99. The lowest BCUT2D eigenvalue weighted by molar-refractivity contribution is -0.131. The van der Waals surface area contributed by atoms with E-state index in [1.165, 1.54) is 0 Å². The Balaban J connectivity index is 0. The Morgan fingerprint density at radius 2 is 1.95 bits per heavy atom. The van der Waals surface area contributed by atoms with E-state index in [4.69, 9.17) is 5.73 Å². The second-order valence-corrected chi connectivity index (χ2v) is 5.76. The molecule has 1 rings (SSSR count). The molecule has 0 bridgehead atoms. The predicted octanol–water partition coefficient (Wildman–Crippen LogP) is 2.76.